The fraction of sp³-hybridized carbons (Fsp3) is 0.235. The molecule has 0 spiro atoms. The first-order valence-corrected chi connectivity index (χ1v) is 9.01. The van der Waals surface area contributed by atoms with Crippen molar-refractivity contribution in [2.45, 2.75) is 25.4 Å². The van der Waals surface area contributed by atoms with Crippen molar-refractivity contribution < 1.29 is 19.2 Å². The summed E-state index contributed by atoms with van der Waals surface area (Å²) >= 11 is 3.19. The molecule has 1 unspecified atom stereocenters. The Hall–Kier alpha value is -3.01. The SMILES string of the molecule is O=C1CCC(N2Cc3cc(NC(=O)c4ncc(Br)[nH]4)ccc3C2=O)C(=O)N1. The molecule has 3 N–H and O–H groups in total. The van der Waals surface area contributed by atoms with Gasteiger partial charge in [-0.3, -0.25) is 24.5 Å². The number of H-pyrrole nitrogens is 1. The van der Waals surface area contributed by atoms with E-state index in [1.165, 1.54) is 11.1 Å². The molecule has 0 radical (unpaired) electrons. The van der Waals surface area contributed by atoms with Gasteiger partial charge in [-0.1, -0.05) is 0 Å². The summed E-state index contributed by atoms with van der Waals surface area (Å²) in [4.78, 5) is 56.4. The van der Waals surface area contributed by atoms with Crippen molar-refractivity contribution in [2.75, 3.05) is 5.32 Å². The predicted octanol–water partition coefficient (Wildman–Crippen LogP) is 1.19. The molecule has 10 heteroatoms. The first kappa shape index (κ1) is 17.4. The Bertz CT molecular complexity index is 985. The van der Waals surface area contributed by atoms with Gasteiger partial charge in [0.05, 0.1) is 6.20 Å². The number of carbonyl (C=O) groups excluding carboxylic acids is 4. The maximum atomic E-state index is 12.6. The van der Waals surface area contributed by atoms with Gasteiger partial charge in [0.2, 0.25) is 11.8 Å². The van der Waals surface area contributed by atoms with Crippen LogP contribution in [0.4, 0.5) is 5.69 Å². The zero-order valence-corrected chi connectivity index (χ0v) is 15.5. The number of benzene rings is 1. The van der Waals surface area contributed by atoms with Gasteiger partial charge in [-0.05, 0) is 46.1 Å². The maximum absolute atomic E-state index is 12.6. The zero-order valence-electron chi connectivity index (χ0n) is 13.9. The number of halogens is 1. The molecule has 1 aromatic carbocycles. The number of carbonyl (C=O) groups is 4. The van der Waals surface area contributed by atoms with Crippen LogP contribution in [0.3, 0.4) is 0 Å². The molecule has 4 amide bonds. The van der Waals surface area contributed by atoms with Crippen LogP contribution >= 0.6 is 15.9 Å². The normalized spacial score (nSPS) is 19.1. The summed E-state index contributed by atoms with van der Waals surface area (Å²) in [5.74, 6) is -1.29. The molecule has 0 bridgehead atoms. The van der Waals surface area contributed by atoms with E-state index in [1.807, 2.05) is 0 Å². The second kappa shape index (κ2) is 6.62. The number of amides is 4. The molecule has 3 heterocycles. The van der Waals surface area contributed by atoms with Crippen molar-refractivity contribution >= 4 is 45.2 Å². The van der Waals surface area contributed by atoms with Crippen LogP contribution in [-0.4, -0.2) is 44.5 Å². The highest BCUT2D eigenvalue weighted by molar-refractivity contribution is 9.10. The van der Waals surface area contributed by atoms with E-state index in [4.69, 9.17) is 0 Å². The summed E-state index contributed by atoms with van der Waals surface area (Å²) in [5.41, 5.74) is 1.71. The molecule has 2 aliphatic rings. The summed E-state index contributed by atoms with van der Waals surface area (Å²) in [6, 6.07) is 4.29. The molecule has 4 rings (SSSR count). The van der Waals surface area contributed by atoms with E-state index in [9.17, 15) is 19.2 Å². The molecule has 0 aliphatic carbocycles. The highest BCUT2D eigenvalue weighted by Crippen LogP contribution is 2.29. The zero-order chi connectivity index (χ0) is 19.1. The topological polar surface area (TPSA) is 124 Å². The molecule has 27 heavy (non-hydrogen) atoms. The van der Waals surface area contributed by atoms with Crippen molar-refractivity contribution in [3.63, 3.8) is 0 Å². The molecule has 0 saturated carbocycles. The molecule has 9 nitrogen and oxygen atoms in total. The summed E-state index contributed by atoms with van der Waals surface area (Å²) in [6.07, 6.45) is 1.99. The summed E-state index contributed by atoms with van der Waals surface area (Å²) < 4.78 is 0.590. The van der Waals surface area contributed by atoms with Gasteiger partial charge in [0.25, 0.3) is 11.8 Å². The van der Waals surface area contributed by atoms with Crippen LogP contribution in [0.1, 0.15) is 39.4 Å². The number of fused-ring (bicyclic) bond motifs is 1. The van der Waals surface area contributed by atoms with Gasteiger partial charge in [0.15, 0.2) is 5.82 Å². The smallest absolute Gasteiger partial charge is 0.291 e. The van der Waals surface area contributed by atoms with E-state index in [-0.39, 0.29) is 30.6 Å². The maximum Gasteiger partial charge on any atom is 0.291 e. The van der Waals surface area contributed by atoms with Gasteiger partial charge in [-0.15, -0.1) is 0 Å². The molecule has 1 saturated heterocycles. The lowest BCUT2D eigenvalue weighted by atomic mass is 10.0. The van der Waals surface area contributed by atoms with Crippen molar-refractivity contribution in [1.29, 1.82) is 0 Å². The predicted molar refractivity (Wildman–Crippen MR) is 96.7 cm³/mol. The third kappa shape index (κ3) is 3.23. The molecule has 2 aromatic rings. The number of hydrogen-bond acceptors (Lipinski definition) is 5. The fourth-order valence-corrected chi connectivity index (χ4v) is 3.55. The van der Waals surface area contributed by atoms with E-state index < -0.39 is 17.9 Å². The number of aromatic amines is 1. The number of hydrogen-bond donors (Lipinski definition) is 3. The number of anilines is 1. The summed E-state index contributed by atoms with van der Waals surface area (Å²) in [7, 11) is 0. The Morgan fingerprint density at radius 3 is 2.81 bits per heavy atom. The number of imide groups is 1. The fourth-order valence-electron chi connectivity index (χ4n) is 3.26. The lowest BCUT2D eigenvalue weighted by molar-refractivity contribution is -0.136. The third-order valence-corrected chi connectivity index (χ3v) is 4.94. The van der Waals surface area contributed by atoms with Crippen molar-refractivity contribution in [3.8, 4) is 0 Å². The van der Waals surface area contributed by atoms with Crippen molar-refractivity contribution in [3.05, 3.63) is 46.0 Å². The van der Waals surface area contributed by atoms with Crippen LogP contribution in [-0.2, 0) is 16.1 Å². The first-order valence-electron chi connectivity index (χ1n) is 8.22. The molecule has 1 fully saturated rings. The standard InChI is InChI=1S/C17H14BrN5O4/c18-12-6-19-14(21-12)16(26)20-9-1-2-10-8(5-9)7-23(17(10)27)11-3-4-13(24)22-15(11)25/h1-2,5-6,11H,3-4,7H2,(H,19,21)(H,20,26)(H,22,24,25). The Balaban J connectivity index is 1.51. The largest absolute Gasteiger partial charge is 0.329 e. The molecular weight excluding hydrogens is 418 g/mol. The molecule has 2 aliphatic heterocycles. The van der Waals surface area contributed by atoms with E-state index >= 15 is 0 Å². The minimum absolute atomic E-state index is 0.156. The van der Waals surface area contributed by atoms with E-state index in [1.54, 1.807) is 18.2 Å². The Morgan fingerprint density at radius 2 is 2.11 bits per heavy atom. The van der Waals surface area contributed by atoms with Gasteiger partial charge in [-0.2, -0.15) is 0 Å². The lowest BCUT2D eigenvalue weighted by Gasteiger charge is -2.29. The van der Waals surface area contributed by atoms with Gasteiger partial charge in [0, 0.05) is 24.2 Å². The minimum atomic E-state index is -0.666. The second-order valence-electron chi connectivity index (χ2n) is 6.31. The highest BCUT2D eigenvalue weighted by atomic mass is 79.9. The third-order valence-electron chi connectivity index (χ3n) is 4.54. The monoisotopic (exact) mass is 431 g/mol. The van der Waals surface area contributed by atoms with Crippen molar-refractivity contribution in [2.24, 2.45) is 0 Å². The van der Waals surface area contributed by atoms with Crippen LogP contribution in [0.15, 0.2) is 29.0 Å². The lowest BCUT2D eigenvalue weighted by Crippen LogP contribution is -2.52. The number of nitrogens with zero attached hydrogens (tertiary/aromatic N) is 2. The summed E-state index contributed by atoms with van der Waals surface area (Å²) in [5, 5.41) is 4.99. The van der Waals surface area contributed by atoms with Gasteiger partial charge >= 0.3 is 0 Å². The van der Waals surface area contributed by atoms with E-state index in [2.05, 4.69) is 36.5 Å². The van der Waals surface area contributed by atoms with Crippen LogP contribution in [0.5, 0.6) is 0 Å². The van der Waals surface area contributed by atoms with Gasteiger partial charge in [-0.25, -0.2) is 4.98 Å². The minimum Gasteiger partial charge on any atom is -0.329 e. The number of imidazole rings is 1. The Morgan fingerprint density at radius 1 is 1.30 bits per heavy atom. The van der Waals surface area contributed by atoms with Crippen LogP contribution in [0.2, 0.25) is 0 Å². The van der Waals surface area contributed by atoms with E-state index in [0.717, 1.165) is 0 Å². The van der Waals surface area contributed by atoms with Gasteiger partial charge in [0.1, 0.15) is 10.6 Å². The first-order chi connectivity index (χ1) is 12.9. The number of aromatic nitrogens is 2. The molecular formula is C17H14BrN5O4. The average molecular weight is 432 g/mol. The Labute approximate surface area is 161 Å². The molecule has 1 atom stereocenters. The number of piperidine rings is 1. The summed E-state index contributed by atoms with van der Waals surface area (Å²) in [6.45, 7) is 0.246. The van der Waals surface area contributed by atoms with Crippen LogP contribution in [0.25, 0.3) is 0 Å². The Kier molecular flexibility index (Phi) is 4.27. The van der Waals surface area contributed by atoms with Crippen LogP contribution < -0.4 is 10.6 Å². The van der Waals surface area contributed by atoms with Crippen molar-refractivity contribution in [1.82, 2.24) is 20.2 Å². The second-order valence-corrected chi connectivity index (χ2v) is 7.16. The molecule has 138 valence electrons. The number of rotatable bonds is 3. The van der Waals surface area contributed by atoms with E-state index in [0.29, 0.717) is 27.8 Å². The average Bonchev–Trinajstić information content (AvgIpc) is 3.19. The van der Waals surface area contributed by atoms with Gasteiger partial charge < -0.3 is 15.2 Å². The molecule has 1 aromatic heterocycles. The highest BCUT2D eigenvalue weighted by Gasteiger charge is 2.39. The number of nitrogens with one attached hydrogen (secondary N) is 3. The van der Waals surface area contributed by atoms with Crippen LogP contribution in [0, 0.1) is 0 Å². The quantitative estimate of drug-likeness (QED) is 0.629.